The second-order valence-corrected chi connectivity index (χ2v) is 8.86. The summed E-state index contributed by atoms with van der Waals surface area (Å²) in [6.07, 6.45) is 6.39. The van der Waals surface area contributed by atoms with Crippen LogP contribution in [0.3, 0.4) is 0 Å². The van der Waals surface area contributed by atoms with Crippen molar-refractivity contribution in [1.82, 2.24) is 14.9 Å². The lowest BCUT2D eigenvalue weighted by atomic mass is 9.90. The molecule has 2 atom stereocenters. The summed E-state index contributed by atoms with van der Waals surface area (Å²) in [6, 6.07) is 7.00. The minimum atomic E-state index is 0.253. The summed E-state index contributed by atoms with van der Waals surface area (Å²) in [5, 5.41) is 1.15. The summed E-state index contributed by atoms with van der Waals surface area (Å²) in [4.78, 5) is 26.9. The molecule has 156 valence electrons. The second-order valence-electron chi connectivity index (χ2n) is 8.86. The Morgan fingerprint density at radius 1 is 1.07 bits per heavy atom. The number of anilines is 1. The van der Waals surface area contributed by atoms with Gasteiger partial charge in [0.25, 0.3) is 0 Å². The van der Waals surface area contributed by atoms with E-state index in [-0.39, 0.29) is 5.92 Å². The van der Waals surface area contributed by atoms with Crippen LogP contribution in [0.25, 0.3) is 10.9 Å². The number of Topliss-reactive ketones (excluding diaryl/α,β-unsaturated/α-hetero) is 1. The number of benzene rings is 1. The molecule has 0 aliphatic carbocycles. The SMILES string of the molecule is CCC(=O)C1CCCN(C2CCCN(c3nc(C)c4ccc(C)cc4n3)CC2)C1. The van der Waals surface area contributed by atoms with Gasteiger partial charge in [-0.25, -0.2) is 9.97 Å². The van der Waals surface area contributed by atoms with Gasteiger partial charge in [-0.2, -0.15) is 0 Å². The molecule has 1 aromatic heterocycles. The van der Waals surface area contributed by atoms with Crippen molar-refractivity contribution < 1.29 is 4.79 Å². The largest absolute Gasteiger partial charge is 0.341 e. The van der Waals surface area contributed by atoms with E-state index in [4.69, 9.17) is 9.97 Å². The number of aromatic nitrogens is 2. The molecular formula is C24H34N4O. The Hall–Kier alpha value is -2.01. The van der Waals surface area contributed by atoms with Crippen LogP contribution in [0.5, 0.6) is 0 Å². The lowest BCUT2D eigenvalue weighted by Gasteiger charge is -2.37. The zero-order chi connectivity index (χ0) is 20.4. The summed E-state index contributed by atoms with van der Waals surface area (Å²) < 4.78 is 0. The number of aryl methyl sites for hydroxylation is 2. The summed E-state index contributed by atoms with van der Waals surface area (Å²) in [7, 11) is 0. The van der Waals surface area contributed by atoms with Gasteiger partial charge in [0.2, 0.25) is 5.95 Å². The summed E-state index contributed by atoms with van der Waals surface area (Å²) >= 11 is 0. The van der Waals surface area contributed by atoms with E-state index in [0.29, 0.717) is 18.2 Å². The van der Waals surface area contributed by atoms with Gasteiger partial charge in [-0.1, -0.05) is 19.1 Å². The fourth-order valence-electron chi connectivity index (χ4n) is 5.06. The minimum absolute atomic E-state index is 0.253. The van der Waals surface area contributed by atoms with E-state index in [1.165, 1.54) is 12.0 Å². The van der Waals surface area contributed by atoms with Crippen LogP contribution in [0.15, 0.2) is 18.2 Å². The summed E-state index contributed by atoms with van der Waals surface area (Å²) in [6.45, 7) is 10.3. The van der Waals surface area contributed by atoms with Gasteiger partial charge < -0.3 is 4.90 Å². The van der Waals surface area contributed by atoms with Gasteiger partial charge in [0.1, 0.15) is 5.78 Å². The van der Waals surface area contributed by atoms with Crippen LogP contribution in [0.4, 0.5) is 5.95 Å². The number of hydrogen-bond donors (Lipinski definition) is 0. The molecule has 0 saturated carbocycles. The molecule has 4 rings (SSSR count). The van der Waals surface area contributed by atoms with Crippen LogP contribution in [-0.4, -0.2) is 52.9 Å². The highest BCUT2D eigenvalue weighted by molar-refractivity contribution is 5.82. The first-order chi connectivity index (χ1) is 14.0. The topological polar surface area (TPSA) is 49.3 Å². The first-order valence-electron chi connectivity index (χ1n) is 11.3. The first-order valence-corrected chi connectivity index (χ1v) is 11.3. The van der Waals surface area contributed by atoms with Gasteiger partial charge in [-0.05, 0) is 64.1 Å². The van der Waals surface area contributed by atoms with E-state index < -0.39 is 0 Å². The Morgan fingerprint density at radius 3 is 2.72 bits per heavy atom. The summed E-state index contributed by atoms with van der Waals surface area (Å²) in [5.74, 6) is 1.57. The molecule has 2 fully saturated rings. The van der Waals surface area contributed by atoms with E-state index in [1.54, 1.807) is 0 Å². The van der Waals surface area contributed by atoms with Gasteiger partial charge in [-0.3, -0.25) is 9.69 Å². The Kier molecular flexibility index (Phi) is 6.14. The molecule has 0 spiro atoms. The average Bonchev–Trinajstić information content (AvgIpc) is 2.99. The highest BCUT2D eigenvalue weighted by atomic mass is 16.1. The monoisotopic (exact) mass is 394 g/mol. The highest BCUT2D eigenvalue weighted by Gasteiger charge is 2.30. The molecule has 29 heavy (non-hydrogen) atoms. The molecule has 3 heterocycles. The Labute approximate surface area is 174 Å². The van der Waals surface area contributed by atoms with Crippen LogP contribution in [0.1, 0.15) is 56.7 Å². The van der Waals surface area contributed by atoms with Crippen molar-refractivity contribution in [1.29, 1.82) is 0 Å². The van der Waals surface area contributed by atoms with Crippen molar-refractivity contribution in [3.8, 4) is 0 Å². The standard InChI is InChI=1S/C24H34N4O/c1-4-23(29)19-7-5-13-28(16-19)20-8-6-12-27(14-11-20)24-25-18(3)21-10-9-17(2)15-22(21)26-24/h9-10,15,19-20H,4-8,11-14,16H2,1-3H3. The molecule has 5 nitrogen and oxygen atoms in total. The van der Waals surface area contributed by atoms with E-state index in [2.05, 4.69) is 41.8 Å². The van der Waals surface area contributed by atoms with Crippen LogP contribution >= 0.6 is 0 Å². The zero-order valence-corrected chi connectivity index (χ0v) is 18.2. The molecule has 2 saturated heterocycles. The van der Waals surface area contributed by atoms with Gasteiger partial charge in [0, 0.05) is 43.4 Å². The van der Waals surface area contributed by atoms with Crippen LogP contribution < -0.4 is 4.90 Å². The Morgan fingerprint density at radius 2 is 1.90 bits per heavy atom. The smallest absolute Gasteiger partial charge is 0.226 e. The predicted molar refractivity (Wildman–Crippen MR) is 118 cm³/mol. The minimum Gasteiger partial charge on any atom is -0.341 e. The number of ketones is 1. The number of likely N-dealkylation sites (tertiary alicyclic amines) is 1. The van der Waals surface area contributed by atoms with Crippen LogP contribution in [0.2, 0.25) is 0 Å². The molecule has 0 bridgehead atoms. The third kappa shape index (κ3) is 4.45. The molecule has 0 radical (unpaired) electrons. The first kappa shape index (κ1) is 20.3. The molecule has 2 unspecified atom stereocenters. The maximum absolute atomic E-state index is 12.2. The lowest BCUT2D eigenvalue weighted by Crippen LogP contribution is -2.45. The van der Waals surface area contributed by atoms with Crippen molar-refractivity contribution in [2.45, 2.75) is 65.3 Å². The molecule has 5 heteroatoms. The molecule has 2 aromatic rings. The predicted octanol–water partition coefficient (Wildman–Crippen LogP) is 4.30. The van der Waals surface area contributed by atoms with E-state index >= 15 is 0 Å². The fraction of sp³-hybridized carbons (Fsp3) is 0.625. The van der Waals surface area contributed by atoms with Crippen molar-refractivity contribution >= 4 is 22.6 Å². The number of carbonyl (C=O) groups is 1. The number of nitrogens with zero attached hydrogens (tertiary/aromatic N) is 4. The highest BCUT2D eigenvalue weighted by Crippen LogP contribution is 2.27. The van der Waals surface area contributed by atoms with E-state index in [0.717, 1.165) is 74.4 Å². The maximum Gasteiger partial charge on any atom is 0.226 e. The quantitative estimate of drug-likeness (QED) is 0.774. The zero-order valence-electron chi connectivity index (χ0n) is 18.2. The van der Waals surface area contributed by atoms with Gasteiger partial charge >= 0.3 is 0 Å². The van der Waals surface area contributed by atoms with Crippen LogP contribution in [-0.2, 0) is 4.79 Å². The average molecular weight is 395 g/mol. The van der Waals surface area contributed by atoms with Gasteiger partial charge in [0.05, 0.1) is 11.2 Å². The third-order valence-corrected chi connectivity index (χ3v) is 6.78. The van der Waals surface area contributed by atoms with Crippen molar-refractivity contribution in [2.24, 2.45) is 5.92 Å². The number of hydrogen-bond acceptors (Lipinski definition) is 5. The number of piperidine rings is 1. The number of fused-ring (bicyclic) bond motifs is 1. The van der Waals surface area contributed by atoms with Crippen molar-refractivity contribution in [3.05, 3.63) is 29.5 Å². The van der Waals surface area contributed by atoms with Gasteiger partial charge in [0.15, 0.2) is 0 Å². The Bertz CT molecular complexity index is 881. The maximum atomic E-state index is 12.2. The Balaban J connectivity index is 1.46. The van der Waals surface area contributed by atoms with E-state index in [1.807, 2.05) is 6.92 Å². The molecule has 0 amide bonds. The van der Waals surface area contributed by atoms with E-state index in [9.17, 15) is 4.79 Å². The molecule has 2 aliphatic heterocycles. The molecule has 1 aromatic carbocycles. The number of rotatable bonds is 4. The van der Waals surface area contributed by atoms with Gasteiger partial charge in [-0.15, -0.1) is 0 Å². The molecular weight excluding hydrogens is 360 g/mol. The second kappa shape index (κ2) is 8.78. The summed E-state index contributed by atoms with van der Waals surface area (Å²) in [5.41, 5.74) is 3.34. The van der Waals surface area contributed by atoms with Crippen molar-refractivity contribution in [3.63, 3.8) is 0 Å². The molecule has 0 N–H and O–H groups in total. The van der Waals surface area contributed by atoms with Crippen LogP contribution in [0, 0.1) is 19.8 Å². The fourth-order valence-corrected chi connectivity index (χ4v) is 5.06. The number of carbonyl (C=O) groups excluding carboxylic acids is 1. The van der Waals surface area contributed by atoms with Crippen molar-refractivity contribution in [2.75, 3.05) is 31.1 Å². The third-order valence-electron chi connectivity index (χ3n) is 6.78. The lowest BCUT2D eigenvalue weighted by molar-refractivity contribution is -0.124. The normalized spacial score (nSPS) is 23.9. The molecule has 2 aliphatic rings.